The zero-order valence-corrected chi connectivity index (χ0v) is 16.0. The second-order valence-corrected chi connectivity index (χ2v) is 9.00. The first-order chi connectivity index (χ1) is 11.1. The highest BCUT2D eigenvalue weighted by Crippen LogP contribution is 2.17. The van der Waals surface area contributed by atoms with Crippen LogP contribution in [0.4, 0.5) is 0 Å². The summed E-state index contributed by atoms with van der Waals surface area (Å²) in [5, 5.41) is 0. The second-order valence-electron chi connectivity index (χ2n) is 7.12. The summed E-state index contributed by atoms with van der Waals surface area (Å²) in [6.45, 7) is 2.23. The van der Waals surface area contributed by atoms with E-state index in [2.05, 4.69) is 18.1 Å². The highest BCUT2D eigenvalue weighted by Gasteiger charge is 2.18. The topological polar surface area (TPSA) is 46.2 Å². The van der Waals surface area contributed by atoms with Gasteiger partial charge in [-0.05, 0) is 25.7 Å². The normalized spacial score (nSPS) is 18.3. The van der Waals surface area contributed by atoms with Crippen LogP contribution in [0, 0.1) is 6.42 Å². The Balaban J connectivity index is 2.13. The Morgan fingerprint density at radius 2 is 1.57 bits per heavy atom. The van der Waals surface area contributed by atoms with Gasteiger partial charge in [-0.15, -0.1) is 0 Å². The monoisotopic (exact) mass is 344 g/mol. The van der Waals surface area contributed by atoms with Gasteiger partial charge >= 0.3 is 0 Å². The zero-order chi connectivity index (χ0) is 16.8. The van der Waals surface area contributed by atoms with Crippen molar-refractivity contribution >= 4 is 10.0 Å². The molecule has 0 spiro atoms. The average Bonchev–Trinajstić information content (AvgIpc) is 2.63. The van der Waals surface area contributed by atoms with Gasteiger partial charge in [0.05, 0.1) is 5.75 Å². The van der Waals surface area contributed by atoms with Gasteiger partial charge in [-0.1, -0.05) is 84.0 Å². The predicted molar refractivity (Wildman–Crippen MR) is 99.9 cm³/mol. The van der Waals surface area contributed by atoms with Gasteiger partial charge < -0.3 is 0 Å². The summed E-state index contributed by atoms with van der Waals surface area (Å²) in [5.74, 6) is 0.304. The summed E-state index contributed by atoms with van der Waals surface area (Å²) in [7, 11) is -3.09. The number of hydrogen-bond acceptors (Lipinski definition) is 2. The lowest BCUT2D eigenvalue weighted by Crippen LogP contribution is -2.36. The van der Waals surface area contributed by atoms with Gasteiger partial charge in [0.1, 0.15) is 0 Å². The number of sulfonamides is 1. The van der Waals surface area contributed by atoms with E-state index in [1.165, 1.54) is 57.8 Å². The summed E-state index contributed by atoms with van der Waals surface area (Å²) < 4.78 is 27.4. The largest absolute Gasteiger partial charge is 0.212 e. The lowest BCUT2D eigenvalue weighted by Gasteiger charge is -2.17. The van der Waals surface area contributed by atoms with Crippen molar-refractivity contribution in [3.63, 3.8) is 0 Å². The summed E-state index contributed by atoms with van der Waals surface area (Å²) >= 11 is 0. The molecule has 1 rings (SSSR count). The Kier molecular flexibility index (Phi) is 12.1. The first kappa shape index (κ1) is 21.0. The van der Waals surface area contributed by atoms with Crippen LogP contribution in [-0.2, 0) is 10.0 Å². The average molecular weight is 345 g/mol. The van der Waals surface area contributed by atoms with Crippen molar-refractivity contribution in [3.8, 4) is 0 Å². The van der Waals surface area contributed by atoms with Gasteiger partial charge in [-0.25, -0.2) is 13.1 Å². The molecule has 23 heavy (non-hydrogen) atoms. The number of nitrogens with one attached hydrogen (secondary N) is 1. The number of unbranched alkanes of at least 4 members (excludes halogenated alkanes) is 7. The molecule has 1 unspecified atom stereocenters. The van der Waals surface area contributed by atoms with Crippen LogP contribution in [0.1, 0.15) is 103 Å². The third-order valence-electron chi connectivity index (χ3n) is 4.77. The molecule has 0 aromatic heterocycles. The van der Waals surface area contributed by atoms with Gasteiger partial charge in [-0.3, -0.25) is 0 Å². The molecule has 3 nitrogen and oxygen atoms in total. The summed E-state index contributed by atoms with van der Waals surface area (Å²) in [6, 6.07) is 0.132. The molecule has 1 atom stereocenters. The van der Waals surface area contributed by atoms with Crippen LogP contribution in [-0.4, -0.2) is 20.2 Å². The van der Waals surface area contributed by atoms with Crippen LogP contribution in [0.25, 0.3) is 0 Å². The minimum atomic E-state index is -3.09. The maximum absolute atomic E-state index is 12.2. The summed E-state index contributed by atoms with van der Waals surface area (Å²) in [4.78, 5) is 0. The number of rotatable bonds is 11. The van der Waals surface area contributed by atoms with E-state index in [0.29, 0.717) is 5.75 Å². The molecular formula is C19H38NO2S. The van der Waals surface area contributed by atoms with Crippen LogP contribution >= 0.6 is 0 Å². The van der Waals surface area contributed by atoms with Gasteiger partial charge in [-0.2, -0.15) is 0 Å². The molecule has 0 aromatic rings. The highest BCUT2D eigenvalue weighted by atomic mass is 32.2. The molecule has 1 fully saturated rings. The summed E-state index contributed by atoms with van der Waals surface area (Å²) in [5.41, 5.74) is 0. The van der Waals surface area contributed by atoms with Crippen LogP contribution in [0.15, 0.2) is 0 Å². The Bertz CT molecular complexity index is 358. The molecule has 0 aliphatic heterocycles. The van der Waals surface area contributed by atoms with Crippen molar-refractivity contribution in [1.82, 2.24) is 4.72 Å². The fraction of sp³-hybridized carbons (Fsp3) is 0.947. The van der Waals surface area contributed by atoms with Crippen LogP contribution in [0.2, 0.25) is 0 Å². The molecule has 0 bridgehead atoms. The van der Waals surface area contributed by atoms with Crippen LogP contribution < -0.4 is 4.72 Å². The molecule has 137 valence electrons. The molecule has 1 aliphatic carbocycles. The van der Waals surface area contributed by atoms with Gasteiger partial charge in [0.25, 0.3) is 0 Å². The molecule has 1 aliphatic rings. The Morgan fingerprint density at radius 1 is 0.913 bits per heavy atom. The van der Waals surface area contributed by atoms with Crippen LogP contribution in [0.5, 0.6) is 0 Å². The quantitative estimate of drug-likeness (QED) is 0.513. The van der Waals surface area contributed by atoms with E-state index in [4.69, 9.17) is 0 Å². The third-order valence-corrected chi connectivity index (χ3v) is 6.29. The van der Waals surface area contributed by atoms with E-state index >= 15 is 0 Å². The molecule has 1 saturated carbocycles. The molecule has 4 heteroatoms. The van der Waals surface area contributed by atoms with E-state index in [-0.39, 0.29) is 6.04 Å². The van der Waals surface area contributed by atoms with E-state index < -0.39 is 10.0 Å². The van der Waals surface area contributed by atoms with Crippen LogP contribution in [0.3, 0.4) is 0 Å². The maximum atomic E-state index is 12.2. The minimum Gasteiger partial charge on any atom is -0.212 e. The molecule has 1 N–H and O–H groups in total. The number of hydrogen-bond donors (Lipinski definition) is 1. The maximum Gasteiger partial charge on any atom is 0.211 e. The van der Waals surface area contributed by atoms with Crippen molar-refractivity contribution in [1.29, 1.82) is 0 Å². The van der Waals surface area contributed by atoms with Crippen molar-refractivity contribution in [2.45, 2.75) is 109 Å². The lowest BCUT2D eigenvalue weighted by atomic mass is 10.1. The van der Waals surface area contributed by atoms with E-state index in [1.807, 2.05) is 0 Å². The predicted octanol–water partition coefficient (Wildman–Crippen LogP) is 5.36. The molecule has 0 saturated heterocycles. The van der Waals surface area contributed by atoms with Gasteiger partial charge in [0, 0.05) is 6.04 Å². The fourth-order valence-electron chi connectivity index (χ4n) is 3.32. The fourth-order valence-corrected chi connectivity index (χ4v) is 4.74. The third kappa shape index (κ3) is 12.0. The molecule has 0 heterocycles. The molecule has 0 amide bonds. The Hall–Kier alpha value is -0.0900. The van der Waals surface area contributed by atoms with E-state index in [1.54, 1.807) is 0 Å². The van der Waals surface area contributed by atoms with E-state index in [9.17, 15) is 8.42 Å². The Morgan fingerprint density at radius 3 is 2.30 bits per heavy atom. The van der Waals surface area contributed by atoms with Crippen molar-refractivity contribution in [2.75, 3.05) is 5.75 Å². The lowest BCUT2D eigenvalue weighted by molar-refractivity contribution is 0.502. The Labute approximate surface area is 145 Å². The first-order valence-corrected chi connectivity index (χ1v) is 11.6. The van der Waals surface area contributed by atoms with E-state index in [0.717, 1.165) is 38.5 Å². The van der Waals surface area contributed by atoms with Crippen molar-refractivity contribution in [2.24, 2.45) is 0 Å². The second kappa shape index (κ2) is 13.2. The molecular weight excluding hydrogens is 306 g/mol. The highest BCUT2D eigenvalue weighted by molar-refractivity contribution is 7.89. The SMILES string of the molecule is CCCCCCCCCCS(=O)(=O)NC1C[CH]CCCCCC1. The standard InChI is InChI=1S/C19H38NO2S/c1-2-3-4-5-6-9-12-15-18-23(21,22)20-19-16-13-10-7-8-11-14-17-19/h13,19-20H,2-12,14-18H2,1H3. The smallest absolute Gasteiger partial charge is 0.211 e. The molecule has 1 radical (unpaired) electrons. The summed E-state index contributed by atoms with van der Waals surface area (Å²) in [6.07, 6.45) is 19.8. The van der Waals surface area contributed by atoms with Gasteiger partial charge in [0.15, 0.2) is 0 Å². The first-order valence-electron chi connectivity index (χ1n) is 9.95. The zero-order valence-electron chi connectivity index (χ0n) is 15.2. The van der Waals surface area contributed by atoms with Crippen molar-refractivity contribution < 1.29 is 8.42 Å². The van der Waals surface area contributed by atoms with Crippen molar-refractivity contribution in [3.05, 3.63) is 6.42 Å². The molecule has 0 aromatic carbocycles. The minimum absolute atomic E-state index is 0.132. The van der Waals surface area contributed by atoms with Gasteiger partial charge in [0.2, 0.25) is 10.0 Å².